The number of hydrogen-bond acceptors (Lipinski definition) is 6. The number of hydrogen-bond donors (Lipinski definition) is 0. The van der Waals surface area contributed by atoms with Crippen molar-refractivity contribution in [2.45, 2.75) is 6.54 Å². The Labute approximate surface area is 165 Å². The van der Waals surface area contributed by atoms with E-state index in [1.54, 1.807) is 31.4 Å². The standard InChI is InChI=1S/C20H20N2O5S/c1-25-11-10-22-16-9-8-14(19(24)26-2)12-17(16)28-20(22)21-18(23)13-27-15-6-4-3-5-7-15/h3-9,12H,10-11,13H2,1-2H3. The summed E-state index contributed by atoms with van der Waals surface area (Å²) >= 11 is 1.32. The van der Waals surface area contributed by atoms with Gasteiger partial charge in [-0.15, -0.1) is 0 Å². The lowest BCUT2D eigenvalue weighted by Gasteiger charge is -2.05. The van der Waals surface area contributed by atoms with Gasteiger partial charge in [0.25, 0.3) is 5.91 Å². The van der Waals surface area contributed by atoms with E-state index in [-0.39, 0.29) is 6.61 Å². The Bertz CT molecular complexity index is 1040. The van der Waals surface area contributed by atoms with Gasteiger partial charge in [-0.1, -0.05) is 29.5 Å². The van der Waals surface area contributed by atoms with Gasteiger partial charge in [0.2, 0.25) is 0 Å². The van der Waals surface area contributed by atoms with E-state index < -0.39 is 11.9 Å². The van der Waals surface area contributed by atoms with E-state index in [4.69, 9.17) is 14.2 Å². The van der Waals surface area contributed by atoms with Crippen LogP contribution in [0.5, 0.6) is 5.75 Å². The van der Waals surface area contributed by atoms with Crippen LogP contribution >= 0.6 is 11.3 Å². The zero-order valence-corrected chi connectivity index (χ0v) is 16.4. The number of carbonyl (C=O) groups is 2. The van der Waals surface area contributed by atoms with Crippen molar-refractivity contribution in [3.8, 4) is 5.75 Å². The Morgan fingerprint density at radius 1 is 1.11 bits per heavy atom. The minimum absolute atomic E-state index is 0.157. The quantitative estimate of drug-likeness (QED) is 0.570. The summed E-state index contributed by atoms with van der Waals surface area (Å²) in [4.78, 5) is 28.8. The largest absolute Gasteiger partial charge is 0.484 e. The van der Waals surface area contributed by atoms with E-state index in [0.29, 0.717) is 29.3 Å². The average molecular weight is 400 g/mol. The number of fused-ring (bicyclic) bond motifs is 1. The van der Waals surface area contributed by atoms with Gasteiger partial charge in [-0.05, 0) is 30.3 Å². The Balaban J connectivity index is 1.91. The minimum atomic E-state index is -0.412. The van der Waals surface area contributed by atoms with Gasteiger partial charge in [0.15, 0.2) is 11.4 Å². The molecule has 0 bridgehead atoms. The Morgan fingerprint density at radius 3 is 2.61 bits per heavy atom. The molecule has 1 amide bonds. The summed E-state index contributed by atoms with van der Waals surface area (Å²) in [6.07, 6.45) is 0. The highest BCUT2D eigenvalue weighted by atomic mass is 32.1. The van der Waals surface area contributed by atoms with Crippen LogP contribution in [0.4, 0.5) is 0 Å². The molecule has 7 nitrogen and oxygen atoms in total. The monoisotopic (exact) mass is 400 g/mol. The van der Waals surface area contributed by atoms with E-state index in [0.717, 1.165) is 10.2 Å². The number of ether oxygens (including phenoxy) is 3. The predicted molar refractivity (Wildman–Crippen MR) is 106 cm³/mol. The zero-order valence-electron chi connectivity index (χ0n) is 15.6. The molecule has 0 aliphatic rings. The molecule has 0 aliphatic carbocycles. The fourth-order valence-corrected chi connectivity index (χ4v) is 3.72. The molecule has 0 unspecified atom stereocenters. The predicted octanol–water partition coefficient (Wildman–Crippen LogP) is 2.64. The SMILES string of the molecule is COCCn1c(=NC(=O)COc2ccccc2)sc2cc(C(=O)OC)ccc21. The Morgan fingerprint density at radius 2 is 1.89 bits per heavy atom. The number of benzene rings is 2. The molecule has 3 aromatic rings. The first-order valence-corrected chi connectivity index (χ1v) is 9.40. The van der Waals surface area contributed by atoms with Gasteiger partial charge >= 0.3 is 5.97 Å². The second kappa shape index (κ2) is 9.29. The van der Waals surface area contributed by atoms with Gasteiger partial charge in [-0.3, -0.25) is 4.79 Å². The molecule has 1 heterocycles. The zero-order chi connectivity index (χ0) is 19.9. The van der Waals surface area contributed by atoms with Gasteiger partial charge in [-0.25, -0.2) is 4.79 Å². The highest BCUT2D eigenvalue weighted by Gasteiger charge is 2.12. The molecule has 0 fully saturated rings. The average Bonchev–Trinajstić information content (AvgIpc) is 3.06. The Kier molecular flexibility index (Phi) is 6.57. The number of esters is 1. The molecule has 1 aromatic heterocycles. The van der Waals surface area contributed by atoms with Crippen molar-refractivity contribution in [1.82, 2.24) is 4.57 Å². The van der Waals surface area contributed by atoms with Gasteiger partial charge in [-0.2, -0.15) is 4.99 Å². The highest BCUT2D eigenvalue weighted by Crippen LogP contribution is 2.20. The summed E-state index contributed by atoms with van der Waals surface area (Å²) in [7, 11) is 2.95. The molecule has 146 valence electrons. The second-order valence-electron chi connectivity index (χ2n) is 5.81. The number of para-hydroxylation sites is 1. The number of thiazole rings is 1. The molecule has 0 saturated heterocycles. The van der Waals surface area contributed by atoms with Crippen LogP contribution in [0, 0.1) is 0 Å². The van der Waals surface area contributed by atoms with E-state index in [1.807, 2.05) is 28.8 Å². The molecule has 0 spiro atoms. The molecule has 0 radical (unpaired) electrons. The lowest BCUT2D eigenvalue weighted by molar-refractivity contribution is -0.120. The number of methoxy groups -OCH3 is 2. The maximum Gasteiger partial charge on any atom is 0.337 e. The minimum Gasteiger partial charge on any atom is -0.484 e. The molecule has 8 heteroatoms. The fourth-order valence-electron chi connectivity index (χ4n) is 2.60. The number of aromatic nitrogens is 1. The molecule has 28 heavy (non-hydrogen) atoms. The van der Waals surface area contributed by atoms with E-state index in [1.165, 1.54) is 18.4 Å². The molecule has 2 aromatic carbocycles. The summed E-state index contributed by atoms with van der Waals surface area (Å²) in [5.41, 5.74) is 1.31. The van der Waals surface area contributed by atoms with Crippen LogP contribution in [-0.4, -0.2) is 43.9 Å². The summed E-state index contributed by atoms with van der Waals surface area (Å²) in [6.45, 7) is 0.835. The van der Waals surface area contributed by atoms with Gasteiger partial charge in [0.1, 0.15) is 5.75 Å². The van der Waals surface area contributed by atoms with Crippen LogP contribution in [0.2, 0.25) is 0 Å². The third-order valence-corrected chi connectivity index (χ3v) is 4.99. The maximum atomic E-state index is 12.3. The van der Waals surface area contributed by atoms with Crippen molar-refractivity contribution < 1.29 is 23.8 Å². The van der Waals surface area contributed by atoms with Crippen molar-refractivity contribution >= 4 is 33.4 Å². The molecular formula is C20H20N2O5S. The number of amides is 1. The van der Waals surface area contributed by atoms with Crippen LogP contribution in [0.3, 0.4) is 0 Å². The summed E-state index contributed by atoms with van der Waals surface area (Å²) in [5.74, 6) is -0.197. The van der Waals surface area contributed by atoms with Crippen LogP contribution in [0.25, 0.3) is 10.2 Å². The van der Waals surface area contributed by atoms with Crippen LogP contribution < -0.4 is 9.54 Å². The van der Waals surface area contributed by atoms with Crippen molar-refractivity contribution in [2.75, 3.05) is 27.4 Å². The molecule has 0 atom stereocenters. The van der Waals surface area contributed by atoms with Gasteiger partial charge < -0.3 is 18.8 Å². The van der Waals surface area contributed by atoms with Gasteiger partial charge in [0, 0.05) is 13.7 Å². The summed E-state index contributed by atoms with van der Waals surface area (Å²) in [5, 5.41) is 0. The molecule has 0 N–H and O–H groups in total. The van der Waals surface area contributed by atoms with Crippen LogP contribution in [-0.2, 0) is 20.8 Å². The van der Waals surface area contributed by atoms with Crippen molar-refractivity contribution in [1.29, 1.82) is 0 Å². The highest BCUT2D eigenvalue weighted by molar-refractivity contribution is 7.16. The maximum absolute atomic E-state index is 12.3. The smallest absolute Gasteiger partial charge is 0.337 e. The van der Waals surface area contributed by atoms with E-state index >= 15 is 0 Å². The Hall–Kier alpha value is -2.97. The van der Waals surface area contributed by atoms with Crippen LogP contribution in [0.1, 0.15) is 10.4 Å². The first kappa shape index (κ1) is 19.8. The molecular weight excluding hydrogens is 380 g/mol. The number of nitrogens with zero attached hydrogens (tertiary/aromatic N) is 2. The second-order valence-corrected chi connectivity index (χ2v) is 6.82. The molecule has 0 saturated carbocycles. The first-order valence-electron chi connectivity index (χ1n) is 8.58. The van der Waals surface area contributed by atoms with Gasteiger partial charge in [0.05, 0.1) is 29.5 Å². The number of rotatable bonds is 7. The molecule has 0 aliphatic heterocycles. The van der Waals surface area contributed by atoms with Crippen LogP contribution in [0.15, 0.2) is 53.5 Å². The normalized spacial score (nSPS) is 11.6. The van der Waals surface area contributed by atoms with E-state index in [9.17, 15) is 9.59 Å². The third kappa shape index (κ3) is 4.65. The molecule has 3 rings (SSSR count). The topological polar surface area (TPSA) is 79.1 Å². The van der Waals surface area contributed by atoms with Crippen molar-refractivity contribution in [2.24, 2.45) is 4.99 Å². The number of carbonyl (C=O) groups excluding carboxylic acids is 2. The van der Waals surface area contributed by atoms with Crippen molar-refractivity contribution in [3.63, 3.8) is 0 Å². The fraction of sp³-hybridized carbons (Fsp3) is 0.250. The summed E-state index contributed by atoms with van der Waals surface area (Å²) < 4.78 is 18.1. The first-order chi connectivity index (χ1) is 13.6. The summed E-state index contributed by atoms with van der Waals surface area (Å²) in [6, 6.07) is 14.3. The van der Waals surface area contributed by atoms with Crippen molar-refractivity contribution in [3.05, 3.63) is 58.9 Å². The lowest BCUT2D eigenvalue weighted by atomic mass is 10.2. The van der Waals surface area contributed by atoms with E-state index in [2.05, 4.69) is 4.99 Å². The lowest BCUT2D eigenvalue weighted by Crippen LogP contribution is -2.21. The third-order valence-electron chi connectivity index (χ3n) is 3.95.